The lowest BCUT2D eigenvalue weighted by molar-refractivity contribution is 0.0420. The van der Waals surface area contributed by atoms with Gasteiger partial charge in [0.05, 0.1) is 18.7 Å². The molecule has 19 heavy (non-hydrogen) atoms. The van der Waals surface area contributed by atoms with Crippen LogP contribution in [-0.2, 0) is 4.74 Å². The number of nitrogens with one attached hydrogen (secondary N) is 1. The fraction of sp³-hybridized carbons (Fsp3) is 0.500. The van der Waals surface area contributed by atoms with Crippen LogP contribution >= 0.6 is 0 Å². The summed E-state index contributed by atoms with van der Waals surface area (Å²) in [5.41, 5.74) is 1.47. The van der Waals surface area contributed by atoms with Crippen LogP contribution in [-0.4, -0.2) is 43.8 Å². The van der Waals surface area contributed by atoms with Gasteiger partial charge < -0.3 is 19.7 Å². The zero-order valence-corrected chi connectivity index (χ0v) is 11.2. The Morgan fingerprint density at radius 3 is 2.95 bits per heavy atom. The molecular weight excluding hydrogens is 244 g/mol. The minimum Gasteiger partial charge on any atom is -0.497 e. The van der Waals surface area contributed by atoms with Crippen LogP contribution in [0.1, 0.15) is 23.2 Å². The molecule has 1 unspecified atom stereocenters. The van der Waals surface area contributed by atoms with Crippen molar-refractivity contribution in [3.63, 3.8) is 0 Å². The maximum absolute atomic E-state index is 12.6. The van der Waals surface area contributed by atoms with Gasteiger partial charge in [-0.25, -0.2) is 0 Å². The summed E-state index contributed by atoms with van der Waals surface area (Å²) in [6, 6.07) is 5.62. The van der Waals surface area contributed by atoms with E-state index in [1.54, 1.807) is 20.3 Å². The number of anilines is 1. The smallest absolute Gasteiger partial charge is 0.256 e. The number of rotatable bonds is 2. The number of methoxy groups -OCH3 is 2. The number of hydrogen-bond donors (Lipinski definition) is 1. The minimum atomic E-state index is -0.152. The van der Waals surface area contributed by atoms with Crippen molar-refractivity contribution >= 4 is 11.6 Å². The Bertz CT molecular complexity index is 503. The Labute approximate surface area is 112 Å². The third-order valence-electron chi connectivity index (χ3n) is 3.92. The average molecular weight is 262 g/mol. The molecule has 1 saturated heterocycles. The summed E-state index contributed by atoms with van der Waals surface area (Å²) in [5, 5.41) is 3.32. The van der Waals surface area contributed by atoms with Gasteiger partial charge in [0.15, 0.2) is 0 Å². The van der Waals surface area contributed by atoms with Gasteiger partial charge in [-0.15, -0.1) is 0 Å². The van der Waals surface area contributed by atoms with Crippen molar-refractivity contribution in [3.05, 3.63) is 23.8 Å². The summed E-state index contributed by atoms with van der Waals surface area (Å²) >= 11 is 0. The Morgan fingerprint density at radius 2 is 2.21 bits per heavy atom. The van der Waals surface area contributed by atoms with Gasteiger partial charge >= 0.3 is 0 Å². The van der Waals surface area contributed by atoms with Crippen LogP contribution in [0.5, 0.6) is 5.75 Å². The highest BCUT2D eigenvalue weighted by atomic mass is 16.5. The number of nitrogens with zero attached hydrogens (tertiary/aromatic N) is 1. The van der Waals surface area contributed by atoms with E-state index in [0.717, 1.165) is 25.1 Å². The van der Waals surface area contributed by atoms with Gasteiger partial charge in [0.2, 0.25) is 0 Å². The summed E-state index contributed by atoms with van der Waals surface area (Å²) in [6.07, 6.45) is 1.85. The van der Waals surface area contributed by atoms with E-state index in [9.17, 15) is 4.79 Å². The Kier molecular flexibility index (Phi) is 3.06. The molecule has 0 aromatic heterocycles. The lowest BCUT2D eigenvalue weighted by Gasteiger charge is -2.28. The van der Waals surface area contributed by atoms with Crippen LogP contribution < -0.4 is 10.1 Å². The monoisotopic (exact) mass is 262 g/mol. The lowest BCUT2D eigenvalue weighted by Crippen LogP contribution is -2.44. The van der Waals surface area contributed by atoms with Gasteiger partial charge in [-0.3, -0.25) is 4.79 Å². The SMILES string of the molecule is COc1ccc2c(c1)C(=O)N1CCC[C@H]1C(OC)N2. The fourth-order valence-electron chi connectivity index (χ4n) is 2.93. The topological polar surface area (TPSA) is 50.8 Å². The van der Waals surface area contributed by atoms with Gasteiger partial charge in [0, 0.05) is 19.3 Å². The van der Waals surface area contributed by atoms with E-state index in [1.807, 2.05) is 17.0 Å². The predicted molar refractivity (Wildman–Crippen MR) is 71.5 cm³/mol. The van der Waals surface area contributed by atoms with Crippen LogP contribution in [0.25, 0.3) is 0 Å². The van der Waals surface area contributed by atoms with E-state index in [-0.39, 0.29) is 18.2 Å². The van der Waals surface area contributed by atoms with Crippen molar-refractivity contribution in [2.75, 3.05) is 26.1 Å². The van der Waals surface area contributed by atoms with Gasteiger partial charge in [-0.2, -0.15) is 0 Å². The van der Waals surface area contributed by atoms with Crippen LogP contribution in [0, 0.1) is 0 Å². The number of hydrogen-bond acceptors (Lipinski definition) is 4. The maximum Gasteiger partial charge on any atom is 0.256 e. The highest BCUT2D eigenvalue weighted by molar-refractivity contribution is 6.01. The van der Waals surface area contributed by atoms with Crippen LogP contribution in [0.4, 0.5) is 5.69 Å². The molecule has 1 N–H and O–H groups in total. The number of fused-ring (bicyclic) bond motifs is 2. The second-order valence-corrected chi connectivity index (χ2v) is 4.92. The Morgan fingerprint density at radius 1 is 1.37 bits per heavy atom. The van der Waals surface area contributed by atoms with E-state index in [2.05, 4.69) is 5.32 Å². The summed E-state index contributed by atoms with van der Waals surface area (Å²) in [5.74, 6) is 0.754. The van der Waals surface area contributed by atoms with Crippen molar-refractivity contribution in [2.24, 2.45) is 0 Å². The van der Waals surface area contributed by atoms with E-state index in [0.29, 0.717) is 11.3 Å². The first-order chi connectivity index (χ1) is 9.24. The van der Waals surface area contributed by atoms with Crippen molar-refractivity contribution in [1.82, 2.24) is 4.90 Å². The molecule has 2 atom stereocenters. The standard InChI is InChI=1S/C14H18N2O3/c1-18-9-5-6-11-10(8-9)14(17)16-7-3-4-12(16)13(15-11)19-2/h5-6,8,12-13,15H,3-4,7H2,1-2H3/t12-,13?/m0/s1. The number of amides is 1. The van der Waals surface area contributed by atoms with E-state index in [1.165, 1.54) is 0 Å². The number of carbonyl (C=O) groups is 1. The quantitative estimate of drug-likeness (QED) is 0.881. The van der Waals surface area contributed by atoms with E-state index < -0.39 is 0 Å². The van der Waals surface area contributed by atoms with Gasteiger partial charge in [0.1, 0.15) is 12.0 Å². The first kappa shape index (κ1) is 12.3. The number of ether oxygens (including phenoxy) is 2. The number of carbonyl (C=O) groups excluding carboxylic acids is 1. The Balaban J connectivity index is 2.05. The molecule has 3 rings (SSSR count). The average Bonchev–Trinajstić information content (AvgIpc) is 2.89. The van der Waals surface area contributed by atoms with Gasteiger partial charge in [0.25, 0.3) is 5.91 Å². The molecule has 0 bridgehead atoms. The molecule has 2 aliphatic rings. The highest BCUT2D eigenvalue weighted by Gasteiger charge is 2.39. The van der Waals surface area contributed by atoms with Crippen molar-refractivity contribution < 1.29 is 14.3 Å². The van der Waals surface area contributed by atoms with Crippen molar-refractivity contribution in [3.8, 4) is 5.75 Å². The first-order valence-electron chi connectivity index (χ1n) is 6.53. The van der Waals surface area contributed by atoms with Gasteiger partial charge in [-0.05, 0) is 31.0 Å². The molecule has 1 amide bonds. The van der Waals surface area contributed by atoms with Crippen molar-refractivity contribution in [1.29, 1.82) is 0 Å². The van der Waals surface area contributed by atoms with Crippen LogP contribution in [0.15, 0.2) is 18.2 Å². The number of benzene rings is 1. The fourth-order valence-corrected chi connectivity index (χ4v) is 2.93. The zero-order valence-electron chi connectivity index (χ0n) is 11.2. The molecule has 1 aromatic rings. The summed E-state index contributed by atoms with van der Waals surface area (Å²) in [4.78, 5) is 14.5. The summed E-state index contributed by atoms with van der Waals surface area (Å²) < 4.78 is 10.7. The molecule has 1 aromatic carbocycles. The minimum absolute atomic E-state index is 0.0588. The molecule has 5 heteroatoms. The molecule has 102 valence electrons. The largest absolute Gasteiger partial charge is 0.497 e. The lowest BCUT2D eigenvalue weighted by atomic mass is 10.1. The molecular formula is C14H18N2O3. The second kappa shape index (κ2) is 4.74. The van der Waals surface area contributed by atoms with Crippen LogP contribution in [0.3, 0.4) is 0 Å². The third kappa shape index (κ3) is 1.94. The molecule has 5 nitrogen and oxygen atoms in total. The zero-order chi connectivity index (χ0) is 13.4. The Hall–Kier alpha value is -1.75. The summed E-state index contributed by atoms with van der Waals surface area (Å²) in [6.45, 7) is 0.793. The van der Waals surface area contributed by atoms with Crippen LogP contribution in [0.2, 0.25) is 0 Å². The van der Waals surface area contributed by atoms with E-state index in [4.69, 9.17) is 9.47 Å². The molecule has 0 spiro atoms. The maximum atomic E-state index is 12.6. The predicted octanol–water partition coefficient (Wildman–Crippen LogP) is 1.70. The first-order valence-corrected chi connectivity index (χ1v) is 6.53. The third-order valence-corrected chi connectivity index (χ3v) is 3.92. The molecule has 2 heterocycles. The van der Waals surface area contributed by atoms with Crippen molar-refractivity contribution in [2.45, 2.75) is 25.1 Å². The molecule has 0 radical (unpaired) electrons. The molecule has 0 aliphatic carbocycles. The molecule has 0 saturated carbocycles. The highest BCUT2D eigenvalue weighted by Crippen LogP contribution is 2.33. The summed E-state index contributed by atoms with van der Waals surface area (Å²) in [7, 11) is 3.28. The molecule has 1 fully saturated rings. The van der Waals surface area contributed by atoms with Gasteiger partial charge in [-0.1, -0.05) is 0 Å². The normalized spacial score (nSPS) is 25.4. The van der Waals surface area contributed by atoms with E-state index >= 15 is 0 Å². The molecule has 2 aliphatic heterocycles. The second-order valence-electron chi connectivity index (χ2n) is 4.92.